The van der Waals surface area contributed by atoms with Gasteiger partial charge in [-0.25, -0.2) is 17.9 Å². The van der Waals surface area contributed by atoms with Gasteiger partial charge in [-0.1, -0.05) is 0 Å². The van der Waals surface area contributed by atoms with Crippen LogP contribution >= 0.6 is 0 Å². The first-order valence-corrected chi connectivity index (χ1v) is 7.77. The van der Waals surface area contributed by atoms with Gasteiger partial charge in [0.1, 0.15) is 10.5 Å². The van der Waals surface area contributed by atoms with E-state index in [2.05, 4.69) is 14.9 Å². The van der Waals surface area contributed by atoms with Crippen molar-refractivity contribution in [2.24, 2.45) is 0 Å². The topological polar surface area (TPSA) is 142 Å². The molecule has 1 aliphatic heterocycles. The van der Waals surface area contributed by atoms with Crippen molar-refractivity contribution < 1.29 is 28.2 Å². The summed E-state index contributed by atoms with van der Waals surface area (Å²) in [5, 5.41) is 25.0. The Morgan fingerprint density at radius 2 is 2.29 bits per heavy atom. The second-order valence-corrected chi connectivity index (χ2v) is 6.73. The van der Waals surface area contributed by atoms with Crippen molar-refractivity contribution in [3.63, 3.8) is 0 Å². The number of aryl methyl sites for hydroxylation is 1. The molecule has 2 rings (SSSR count). The van der Waals surface area contributed by atoms with Gasteiger partial charge in [0.25, 0.3) is 0 Å². The van der Waals surface area contributed by atoms with Crippen molar-refractivity contribution in [3.8, 4) is 0 Å². The zero-order valence-corrected chi connectivity index (χ0v) is 12.4. The normalized spacial score (nSPS) is 26.1. The van der Waals surface area contributed by atoms with Gasteiger partial charge in [-0.3, -0.25) is 5.10 Å². The molecule has 9 nitrogen and oxygen atoms in total. The number of ether oxygens (including phenoxy) is 1. The lowest BCUT2D eigenvalue weighted by Crippen LogP contribution is -2.47. The molecule has 0 bridgehead atoms. The van der Waals surface area contributed by atoms with Crippen molar-refractivity contribution in [1.82, 2.24) is 14.9 Å². The number of hydrogen-bond donors (Lipinski definition) is 4. The average molecular weight is 319 g/mol. The number of aromatic amines is 1. The van der Waals surface area contributed by atoms with Crippen molar-refractivity contribution in [3.05, 3.63) is 11.4 Å². The molecule has 118 valence electrons. The number of nitrogens with zero attached hydrogens (tertiary/aromatic N) is 1. The van der Waals surface area contributed by atoms with Gasteiger partial charge >= 0.3 is 5.97 Å². The van der Waals surface area contributed by atoms with E-state index in [1.54, 1.807) is 6.92 Å². The van der Waals surface area contributed by atoms with Gasteiger partial charge in [-0.15, -0.1) is 0 Å². The molecular formula is C11H17N3O6S. The molecule has 21 heavy (non-hydrogen) atoms. The van der Waals surface area contributed by atoms with Gasteiger partial charge < -0.3 is 14.9 Å². The summed E-state index contributed by atoms with van der Waals surface area (Å²) in [6.45, 7) is 3.13. The molecule has 1 aliphatic rings. The smallest absolute Gasteiger partial charge is 0.357 e. The number of nitrogens with one attached hydrogen (secondary N) is 2. The van der Waals surface area contributed by atoms with Gasteiger partial charge in [0, 0.05) is 19.6 Å². The molecule has 0 spiro atoms. The molecule has 1 aromatic rings. The van der Waals surface area contributed by atoms with E-state index in [0.29, 0.717) is 13.0 Å². The minimum Gasteiger partial charge on any atom is -0.476 e. The maximum atomic E-state index is 12.3. The van der Waals surface area contributed by atoms with Crippen LogP contribution in [0.1, 0.15) is 29.5 Å². The molecule has 1 fully saturated rings. The number of carboxylic acids is 1. The molecule has 0 saturated carbocycles. The zero-order valence-electron chi connectivity index (χ0n) is 11.6. The lowest BCUT2D eigenvalue weighted by Gasteiger charge is -2.26. The predicted octanol–water partition coefficient (Wildman–Crippen LogP) is -0.765. The molecule has 2 heterocycles. The lowest BCUT2D eigenvalue weighted by atomic mass is 9.97. The van der Waals surface area contributed by atoms with E-state index in [1.165, 1.54) is 6.92 Å². The summed E-state index contributed by atoms with van der Waals surface area (Å²) in [6, 6.07) is 0. The zero-order chi connectivity index (χ0) is 15.8. The van der Waals surface area contributed by atoms with E-state index in [-0.39, 0.29) is 12.2 Å². The van der Waals surface area contributed by atoms with Crippen molar-refractivity contribution >= 4 is 16.0 Å². The molecule has 2 atom stereocenters. The Balaban J connectivity index is 2.24. The molecule has 2 unspecified atom stereocenters. The minimum absolute atomic E-state index is 0.114. The highest BCUT2D eigenvalue weighted by atomic mass is 32.2. The monoisotopic (exact) mass is 319 g/mol. The summed E-state index contributed by atoms with van der Waals surface area (Å²) in [6.07, 6.45) is -0.211. The maximum Gasteiger partial charge on any atom is 0.357 e. The van der Waals surface area contributed by atoms with Crippen LogP contribution in [0.15, 0.2) is 4.90 Å². The third-order valence-corrected chi connectivity index (χ3v) is 5.15. The second kappa shape index (κ2) is 5.37. The van der Waals surface area contributed by atoms with E-state index in [1.807, 2.05) is 0 Å². The maximum absolute atomic E-state index is 12.3. The van der Waals surface area contributed by atoms with Crippen LogP contribution in [0.4, 0.5) is 0 Å². The highest BCUT2D eigenvalue weighted by Gasteiger charge is 2.41. The molecular weight excluding hydrogens is 302 g/mol. The highest BCUT2D eigenvalue weighted by molar-refractivity contribution is 7.89. The number of H-pyrrole nitrogens is 1. The number of sulfonamides is 1. The van der Waals surface area contributed by atoms with E-state index in [9.17, 15) is 18.3 Å². The van der Waals surface area contributed by atoms with Crippen molar-refractivity contribution in [2.75, 3.05) is 13.2 Å². The fraction of sp³-hybridized carbons (Fsp3) is 0.636. The van der Waals surface area contributed by atoms with Crippen molar-refractivity contribution in [2.45, 2.75) is 36.9 Å². The third kappa shape index (κ3) is 2.93. The average Bonchev–Trinajstić information content (AvgIpc) is 2.93. The van der Waals surface area contributed by atoms with Crippen LogP contribution in [-0.2, 0) is 14.8 Å². The fourth-order valence-electron chi connectivity index (χ4n) is 2.19. The standard InChI is InChI=1S/C11H17N3O6S/c1-6-9(8(10(15)16)14-13-6)21(18,19)12-5-11(17)3-4-20-7(11)2/h7,12,17H,3-5H2,1-2H3,(H,13,14)(H,15,16). The van der Waals surface area contributed by atoms with Gasteiger partial charge in [0.05, 0.1) is 11.8 Å². The molecule has 0 radical (unpaired) electrons. The fourth-order valence-corrected chi connectivity index (χ4v) is 3.61. The Morgan fingerprint density at radius 3 is 2.81 bits per heavy atom. The Bertz CT molecular complexity index is 655. The van der Waals surface area contributed by atoms with E-state index in [4.69, 9.17) is 9.84 Å². The number of carbonyl (C=O) groups is 1. The second-order valence-electron chi connectivity index (χ2n) is 5.02. The van der Waals surface area contributed by atoms with Gasteiger partial charge in [0.15, 0.2) is 5.69 Å². The van der Waals surface area contributed by atoms with Gasteiger partial charge in [0.2, 0.25) is 10.0 Å². The highest BCUT2D eigenvalue weighted by Crippen LogP contribution is 2.26. The summed E-state index contributed by atoms with van der Waals surface area (Å²) in [4.78, 5) is 10.6. The van der Waals surface area contributed by atoms with Crippen LogP contribution < -0.4 is 4.72 Å². The van der Waals surface area contributed by atoms with Crippen molar-refractivity contribution in [1.29, 1.82) is 0 Å². The third-order valence-electron chi connectivity index (χ3n) is 3.59. The first kappa shape index (κ1) is 15.9. The van der Waals surface area contributed by atoms with Crippen LogP contribution in [-0.4, -0.2) is 59.7 Å². The lowest BCUT2D eigenvalue weighted by molar-refractivity contribution is -0.0228. The minimum atomic E-state index is -4.11. The van der Waals surface area contributed by atoms with E-state index in [0.717, 1.165) is 0 Å². The predicted molar refractivity (Wildman–Crippen MR) is 70.5 cm³/mol. The largest absolute Gasteiger partial charge is 0.476 e. The number of hydrogen-bond acceptors (Lipinski definition) is 6. The molecule has 1 aromatic heterocycles. The molecule has 10 heteroatoms. The number of aliphatic hydroxyl groups is 1. The van der Waals surface area contributed by atoms with Gasteiger partial charge in [-0.05, 0) is 13.8 Å². The number of rotatable bonds is 5. The quantitative estimate of drug-likeness (QED) is 0.558. The number of aromatic carboxylic acids is 1. The first-order valence-electron chi connectivity index (χ1n) is 6.29. The Morgan fingerprint density at radius 1 is 1.62 bits per heavy atom. The van der Waals surface area contributed by atoms with E-state index < -0.39 is 38.3 Å². The van der Waals surface area contributed by atoms with Crippen LogP contribution in [0, 0.1) is 6.92 Å². The Kier molecular flexibility index (Phi) is 4.06. The summed E-state index contributed by atoms with van der Waals surface area (Å²) in [7, 11) is -4.11. The molecule has 4 N–H and O–H groups in total. The summed E-state index contributed by atoms with van der Waals surface area (Å²) < 4.78 is 32.0. The summed E-state index contributed by atoms with van der Waals surface area (Å²) in [5.74, 6) is -1.45. The van der Waals surface area contributed by atoms with Crippen LogP contribution in [0.5, 0.6) is 0 Å². The van der Waals surface area contributed by atoms with Crippen LogP contribution in [0.2, 0.25) is 0 Å². The Hall–Kier alpha value is -1.49. The molecule has 0 amide bonds. The summed E-state index contributed by atoms with van der Waals surface area (Å²) >= 11 is 0. The molecule has 0 aliphatic carbocycles. The Labute approximate surface area is 121 Å². The number of aromatic nitrogens is 2. The summed E-state index contributed by atoms with van der Waals surface area (Å²) in [5.41, 5.74) is -1.78. The number of carboxylic acid groups (broad SMARTS) is 1. The van der Waals surface area contributed by atoms with Crippen LogP contribution in [0.25, 0.3) is 0 Å². The SMILES string of the molecule is Cc1[nH]nc(C(=O)O)c1S(=O)(=O)NCC1(O)CCOC1C. The van der Waals surface area contributed by atoms with Gasteiger partial charge in [-0.2, -0.15) is 5.10 Å². The first-order chi connectivity index (χ1) is 9.67. The molecule has 0 aromatic carbocycles. The van der Waals surface area contributed by atoms with Crippen LogP contribution in [0.3, 0.4) is 0 Å². The molecule has 1 saturated heterocycles. The van der Waals surface area contributed by atoms with E-state index >= 15 is 0 Å².